The number of hydrogen-bond donors (Lipinski definition) is 2. The average Bonchev–Trinajstić information content (AvgIpc) is 2.90. The molecule has 0 aliphatic carbocycles. The fourth-order valence-electron chi connectivity index (χ4n) is 3.30. The van der Waals surface area contributed by atoms with E-state index in [-0.39, 0.29) is 24.8 Å². The predicted octanol–water partition coefficient (Wildman–Crippen LogP) is 2.73. The number of fused-ring (bicyclic) bond motifs is 2. The molecule has 0 radical (unpaired) electrons. The van der Waals surface area contributed by atoms with Crippen molar-refractivity contribution in [1.29, 1.82) is 0 Å². The maximum atomic E-state index is 13.6. The van der Waals surface area contributed by atoms with Crippen LogP contribution >= 0.6 is 0 Å². The van der Waals surface area contributed by atoms with Crippen LogP contribution in [0.15, 0.2) is 36.4 Å². The second-order valence-corrected chi connectivity index (χ2v) is 6.59. The minimum Gasteiger partial charge on any atom is -0.490 e. The van der Waals surface area contributed by atoms with Gasteiger partial charge in [0.1, 0.15) is 5.82 Å². The summed E-state index contributed by atoms with van der Waals surface area (Å²) in [7, 11) is 0. The summed E-state index contributed by atoms with van der Waals surface area (Å²) >= 11 is 0. The Balaban J connectivity index is 1.48. The molecule has 2 amide bonds. The van der Waals surface area contributed by atoms with E-state index in [1.807, 2.05) is 18.2 Å². The molecule has 0 bridgehead atoms. The van der Waals surface area contributed by atoms with Gasteiger partial charge in [0.05, 0.1) is 19.1 Å². The molecule has 2 heterocycles. The second-order valence-electron chi connectivity index (χ2n) is 6.59. The topological polar surface area (TPSA) is 76.7 Å². The first-order chi connectivity index (χ1) is 13.1. The van der Waals surface area contributed by atoms with Crippen molar-refractivity contribution in [3.8, 4) is 11.5 Å². The van der Waals surface area contributed by atoms with Crippen molar-refractivity contribution in [2.45, 2.75) is 25.3 Å². The molecule has 140 valence electrons. The summed E-state index contributed by atoms with van der Waals surface area (Å²) in [6.07, 6.45) is 0.809. The number of carbonyl (C=O) groups excluding carboxylic acids is 2. The summed E-state index contributed by atoms with van der Waals surface area (Å²) in [5.74, 6) is -0.385. The van der Waals surface area contributed by atoms with Crippen LogP contribution in [0.25, 0.3) is 0 Å². The number of carbonyl (C=O) groups is 2. The van der Waals surface area contributed by atoms with Crippen molar-refractivity contribution < 1.29 is 23.5 Å². The zero-order chi connectivity index (χ0) is 18.8. The molecule has 7 heteroatoms. The first kappa shape index (κ1) is 17.3. The Morgan fingerprint density at radius 3 is 2.81 bits per heavy atom. The molecule has 0 fully saturated rings. The van der Waals surface area contributed by atoms with Gasteiger partial charge in [-0.3, -0.25) is 9.59 Å². The molecule has 1 atom stereocenters. The van der Waals surface area contributed by atoms with E-state index in [1.54, 1.807) is 0 Å². The summed E-state index contributed by atoms with van der Waals surface area (Å²) in [6.45, 7) is 1.48. The third-order valence-electron chi connectivity index (χ3n) is 4.65. The van der Waals surface area contributed by atoms with Gasteiger partial charge in [-0.2, -0.15) is 0 Å². The van der Waals surface area contributed by atoms with Crippen LogP contribution in [0, 0.1) is 5.82 Å². The molecule has 2 N–H and O–H groups in total. The van der Waals surface area contributed by atoms with Gasteiger partial charge >= 0.3 is 0 Å². The normalized spacial score (nSPS) is 18.1. The van der Waals surface area contributed by atoms with Crippen molar-refractivity contribution in [1.82, 2.24) is 5.32 Å². The average molecular weight is 370 g/mol. The van der Waals surface area contributed by atoms with Gasteiger partial charge in [-0.15, -0.1) is 0 Å². The maximum Gasteiger partial charge on any atom is 0.228 e. The fourth-order valence-corrected chi connectivity index (χ4v) is 3.30. The standard InChI is InChI=1S/C20H19FN2O4/c21-13-3-4-16-14(9-13)15(10-19(24)23-16)20(25)22-11-12-2-5-17-18(8-12)27-7-1-6-26-17/h2-5,8-9,15H,1,6-7,10-11H2,(H,22,25)(H,23,24)/t15-/m0/s1. The van der Waals surface area contributed by atoms with E-state index < -0.39 is 11.7 Å². The molecule has 0 aromatic heterocycles. The molecular weight excluding hydrogens is 351 g/mol. The SMILES string of the molecule is O=C1C[C@H](C(=O)NCc2ccc3c(c2)OCCCO3)c2cc(F)ccc2N1. The second kappa shape index (κ2) is 7.26. The van der Waals surface area contributed by atoms with E-state index in [4.69, 9.17) is 9.47 Å². The first-order valence-corrected chi connectivity index (χ1v) is 8.86. The Bertz CT molecular complexity index is 900. The van der Waals surface area contributed by atoms with Crippen molar-refractivity contribution in [3.05, 3.63) is 53.3 Å². The predicted molar refractivity (Wildman–Crippen MR) is 96.3 cm³/mol. The quantitative estimate of drug-likeness (QED) is 0.871. The number of rotatable bonds is 3. The summed E-state index contributed by atoms with van der Waals surface area (Å²) in [6, 6.07) is 9.55. The number of ether oxygens (including phenoxy) is 2. The number of hydrogen-bond acceptors (Lipinski definition) is 4. The Kier molecular flexibility index (Phi) is 4.66. The lowest BCUT2D eigenvalue weighted by atomic mass is 9.89. The highest BCUT2D eigenvalue weighted by atomic mass is 19.1. The highest BCUT2D eigenvalue weighted by Crippen LogP contribution is 2.33. The first-order valence-electron chi connectivity index (χ1n) is 8.86. The molecule has 0 saturated carbocycles. The van der Waals surface area contributed by atoms with Crippen molar-refractivity contribution in [2.24, 2.45) is 0 Å². The zero-order valence-corrected chi connectivity index (χ0v) is 14.6. The lowest BCUT2D eigenvalue weighted by Gasteiger charge is -2.25. The van der Waals surface area contributed by atoms with Crippen LogP contribution in [0.5, 0.6) is 11.5 Å². The minimum atomic E-state index is -0.718. The molecular formula is C20H19FN2O4. The number of nitrogens with one attached hydrogen (secondary N) is 2. The lowest BCUT2D eigenvalue weighted by molar-refractivity contribution is -0.126. The maximum absolute atomic E-state index is 13.6. The van der Waals surface area contributed by atoms with Gasteiger partial charge in [0.15, 0.2) is 11.5 Å². The third-order valence-corrected chi connectivity index (χ3v) is 4.65. The van der Waals surface area contributed by atoms with Gasteiger partial charge in [-0.25, -0.2) is 4.39 Å². The molecule has 0 saturated heterocycles. The number of anilines is 1. The smallest absolute Gasteiger partial charge is 0.228 e. The summed E-state index contributed by atoms with van der Waals surface area (Å²) in [5, 5.41) is 5.50. The van der Waals surface area contributed by atoms with Crippen LogP contribution in [0.3, 0.4) is 0 Å². The van der Waals surface area contributed by atoms with E-state index in [0.717, 1.165) is 12.0 Å². The summed E-state index contributed by atoms with van der Waals surface area (Å²) in [5.41, 5.74) is 1.82. The van der Waals surface area contributed by atoms with E-state index in [0.29, 0.717) is 36.0 Å². The Morgan fingerprint density at radius 1 is 1.15 bits per heavy atom. The van der Waals surface area contributed by atoms with Gasteiger partial charge in [-0.1, -0.05) is 6.07 Å². The van der Waals surface area contributed by atoms with E-state index in [1.165, 1.54) is 18.2 Å². The lowest BCUT2D eigenvalue weighted by Crippen LogP contribution is -2.34. The highest BCUT2D eigenvalue weighted by molar-refractivity contribution is 6.01. The molecule has 4 rings (SSSR count). The number of benzene rings is 2. The monoisotopic (exact) mass is 370 g/mol. The Hall–Kier alpha value is -3.09. The highest BCUT2D eigenvalue weighted by Gasteiger charge is 2.31. The molecule has 0 unspecified atom stereocenters. The van der Waals surface area contributed by atoms with Crippen LogP contribution in [-0.2, 0) is 16.1 Å². The molecule has 6 nitrogen and oxygen atoms in total. The summed E-state index contributed by atoms with van der Waals surface area (Å²) < 4.78 is 24.9. The van der Waals surface area contributed by atoms with Crippen molar-refractivity contribution in [2.75, 3.05) is 18.5 Å². The van der Waals surface area contributed by atoms with E-state index in [2.05, 4.69) is 10.6 Å². The van der Waals surface area contributed by atoms with Crippen LogP contribution in [-0.4, -0.2) is 25.0 Å². The number of halogens is 1. The molecule has 2 aliphatic heterocycles. The molecule has 27 heavy (non-hydrogen) atoms. The number of amides is 2. The zero-order valence-electron chi connectivity index (χ0n) is 14.6. The Labute approximate surface area is 155 Å². The van der Waals surface area contributed by atoms with E-state index in [9.17, 15) is 14.0 Å². The molecule has 2 aromatic rings. The van der Waals surface area contributed by atoms with Crippen LogP contribution in [0.4, 0.5) is 10.1 Å². The minimum absolute atomic E-state index is 0.0105. The van der Waals surface area contributed by atoms with Crippen LogP contribution in [0.2, 0.25) is 0 Å². The van der Waals surface area contributed by atoms with Crippen LogP contribution in [0.1, 0.15) is 29.9 Å². The van der Waals surface area contributed by atoms with Gasteiger partial charge < -0.3 is 20.1 Å². The van der Waals surface area contributed by atoms with Crippen molar-refractivity contribution in [3.63, 3.8) is 0 Å². The van der Waals surface area contributed by atoms with Crippen LogP contribution < -0.4 is 20.1 Å². The van der Waals surface area contributed by atoms with Crippen molar-refractivity contribution >= 4 is 17.5 Å². The Morgan fingerprint density at radius 2 is 1.96 bits per heavy atom. The van der Waals surface area contributed by atoms with Gasteiger partial charge in [-0.05, 0) is 41.5 Å². The van der Waals surface area contributed by atoms with E-state index >= 15 is 0 Å². The molecule has 2 aliphatic rings. The fraction of sp³-hybridized carbons (Fsp3) is 0.300. The third kappa shape index (κ3) is 3.72. The molecule has 2 aromatic carbocycles. The largest absolute Gasteiger partial charge is 0.490 e. The van der Waals surface area contributed by atoms with Gasteiger partial charge in [0.2, 0.25) is 11.8 Å². The van der Waals surface area contributed by atoms with Gasteiger partial charge in [0, 0.05) is 25.1 Å². The molecule has 0 spiro atoms. The summed E-state index contributed by atoms with van der Waals surface area (Å²) in [4.78, 5) is 24.5. The van der Waals surface area contributed by atoms with Gasteiger partial charge in [0.25, 0.3) is 0 Å².